The molecule has 2 rings (SSSR count). The van der Waals surface area contributed by atoms with Crippen LogP contribution in [0.4, 0.5) is 5.13 Å². The van der Waals surface area contributed by atoms with Gasteiger partial charge in [-0.1, -0.05) is 32.1 Å². The number of likely N-dealkylation sites (tertiary alicyclic amines) is 1. The fourth-order valence-corrected chi connectivity index (χ4v) is 3.26. The molecule has 1 aromatic heterocycles. The van der Waals surface area contributed by atoms with E-state index in [4.69, 9.17) is 0 Å². The van der Waals surface area contributed by atoms with Gasteiger partial charge in [-0.2, -0.15) is 0 Å². The number of nitrogens with zero attached hydrogens (tertiary/aromatic N) is 3. The van der Waals surface area contributed by atoms with E-state index in [1.165, 1.54) is 11.3 Å². The van der Waals surface area contributed by atoms with Crippen molar-refractivity contribution in [1.29, 1.82) is 0 Å². The van der Waals surface area contributed by atoms with Crippen LogP contribution in [0, 0.1) is 0 Å². The van der Waals surface area contributed by atoms with Gasteiger partial charge in [0.15, 0.2) is 0 Å². The van der Waals surface area contributed by atoms with Crippen molar-refractivity contribution in [3.8, 4) is 0 Å². The van der Waals surface area contributed by atoms with Crippen molar-refractivity contribution in [2.24, 2.45) is 0 Å². The summed E-state index contributed by atoms with van der Waals surface area (Å²) in [6.45, 7) is 11.5. The van der Waals surface area contributed by atoms with Crippen LogP contribution < -0.4 is 5.32 Å². The molecule has 1 saturated heterocycles. The molecule has 2 heterocycles. The molecule has 1 unspecified atom stereocenters. The third kappa shape index (κ3) is 3.35. The van der Waals surface area contributed by atoms with Gasteiger partial charge < -0.3 is 0 Å². The molecule has 20 heavy (non-hydrogen) atoms. The zero-order valence-electron chi connectivity index (χ0n) is 12.9. The number of carbonyl (C=O) groups excluding carboxylic acids is 1. The maximum absolute atomic E-state index is 12.4. The number of amides is 1. The largest absolute Gasteiger partial charge is 0.299 e. The highest BCUT2D eigenvalue weighted by Crippen LogP contribution is 2.28. The predicted molar refractivity (Wildman–Crippen MR) is 82.1 cm³/mol. The monoisotopic (exact) mass is 296 g/mol. The average molecular weight is 296 g/mol. The quantitative estimate of drug-likeness (QED) is 0.931. The molecule has 6 heteroatoms. The highest BCUT2D eigenvalue weighted by molar-refractivity contribution is 7.15. The fraction of sp³-hybridized carbons (Fsp3) is 0.786. The second kappa shape index (κ2) is 5.77. The van der Waals surface area contributed by atoms with Gasteiger partial charge in [-0.3, -0.25) is 15.0 Å². The van der Waals surface area contributed by atoms with E-state index in [0.717, 1.165) is 24.4 Å². The van der Waals surface area contributed by atoms with E-state index in [-0.39, 0.29) is 17.4 Å². The molecule has 5 nitrogen and oxygen atoms in total. The number of rotatable bonds is 3. The Balaban J connectivity index is 2.03. The first-order chi connectivity index (χ1) is 9.29. The van der Waals surface area contributed by atoms with Crippen LogP contribution in [-0.2, 0) is 10.2 Å². The molecule has 0 spiro atoms. The Labute approximate surface area is 124 Å². The van der Waals surface area contributed by atoms with Crippen LogP contribution >= 0.6 is 11.3 Å². The average Bonchev–Trinajstić information content (AvgIpc) is 2.95. The third-order valence-corrected chi connectivity index (χ3v) is 4.82. The Morgan fingerprint density at radius 2 is 2.10 bits per heavy atom. The van der Waals surface area contributed by atoms with E-state index in [1.807, 2.05) is 0 Å². The van der Waals surface area contributed by atoms with Crippen LogP contribution in [-0.4, -0.2) is 39.6 Å². The van der Waals surface area contributed by atoms with Gasteiger partial charge in [0.1, 0.15) is 5.01 Å². The maximum atomic E-state index is 12.4. The van der Waals surface area contributed by atoms with Crippen LogP contribution in [0.15, 0.2) is 0 Å². The van der Waals surface area contributed by atoms with Crippen LogP contribution in [0.5, 0.6) is 0 Å². The number of anilines is 1. The molecule has 0 radical (unpaired) electrons. The molecule has 1 fully saturated rings. The van der Waals surface area contributed by atoms with E-state index >= 15 is 0 Å². The molecule has 1 amide bonds. The standard InChI is InChI=1S/C14H24N4OS/c1-9(2)18-8-6-7-10(18)11(19)15-13-17-16-12(20-13)14(3,4)5/h9-10H,6-8H2,1-5H3,(H,15,17,19). The summed E-state index contributed by atoms with van der Waals surface area (Å²) in [5, 5.41) is 12.7. The summed E-state index contributed by atoms with van der Waals surface area (Å²) in [5.41, 5.74) is -0.0298. The van der Waals surface area contributed by atoms with E-state index < -0.39 is 0 Å². The normalized spacial score (nSPS) is 20.6. The lowest BCUT2D eigenvalue weighted by Crippen LogP contribution is -2.43. The zero-order valence-corrected chi connectivity index (χ0v) is 13.8. The van der Waals surface area contributed by atoms with Gasteiger partial charge in [0.25, 0.3) is 0 Å². The van der Waals surface area contributed by atoms with Crippen LogP contribution in [0.2, 0.25) is 0 Å². The van der Waals surface area contributed by atoms with E-state index in [2.05, 4.69) is 55.0 Å². The van der Waals surface area contributed by atoms with Crippen molar-refractivity contribution in [3.63, 3.8) is 0 Å². The minimum Gasteiger partial charge on any atom is -0.299 e. The number of carbonyl (C=O) groups is 1. The summed E-state index contributed by atoms with van der Waals surface area (Å²) >= 11 is 1.46. The molecule has 1 aliphatic heterocycles. The van der Waals surface area contributed by atoms with Gasteiger partial charge in [-0.25, -0.2) is 0 Å². The van der Waals surface area contributed by atoms with Gasteiger partial charge in [0, 0.05) is 11.5 Å². The summed E-state index contributed by atoms with van der Waals surface area (Å²) in [6.07, 6.45) is 2.01. The van der Waals surface area contributed by atoms with E-state index in [1.54, 1.807) is 0 Å². The third-order valence-electron chi connectivity index (χ3n) is 3.56. The van der Waals surface area contributed by atoms with Crippen molar-refractivity contribution in [2.75, 3.05) is 11.9 Å². The molecular weight excluding hydrogens is 272 g/mol. The second-order valence-corrected chi connectivity index (χ2v) is 7.62. The van der Waals surface area contributed by atoms with E-state index in [0.29, 0.717) is 11.2 Å². The zero-order chi connectivity index (χ0) is 14.9. The van der Waals surface area contributed by atoms with Crippen LogP contribution in [0.25, 0.3) is 0 Å². The molecule has 1 aromatic rings. The summed E-state index contributed by atoms with van der Waals surface area (Å²) in [4.78, 5) is 14.6. The Hall–Kier alpha value is -1.01. The molecule has 0 aromatic carbocycles. The molecule has 1 atom stereocenters. The first-order valence-electron chi connectivity index (χ1n) is 7.19. The van der Waals surface area contributed by atoms with E-state index in [9.17, 15) is 4.79 Å². The summed E-state index contributed by atoms with van der Waals surface area (Å²) in [5.74, 6) is 0.0489. The molecule has 112 valence electrons. The predicted octanol–water partition coefficient (Wildman–Crippen LogP) is 2.65. The molecule has 0 aliphatic carbocycles. The van der Waals surface area contributed by atoms with Gasteiger partial charge in [0.05, 0.1) is 6.04 Å². The first-order valence-corrected chi connectivity index (χ1v) is 8.01. The molecular formula is C14H24N4OS. The Bertz CT molecular complexity index is 478. The van der Waals surface area contributed by atoms with Crippen LogP contribution in [0.3, 0.4) is 0 Å². The molecule has 1 N–H and O–H groups in total. The molecule has 0 bridgehead atoms. The van der Waals surface area contributed by atoms with Gasteiger partial charge in [-0.05, 0) is 33.2 Å². The Morgan fingerprint density at radius 1 is 1.40 bits per heavy atom. The van der Waals surface area contributed by atoms with Crippen molar-refractivity contribution in [2.45, 2.75) is 65.0 Å². The van der Waals surface area contributed by atoms with Gasteiger partial charge in [0.2, 0.25) is 11.0 Å². The highest BCUT2D eigenvalue weighted by atomic mass is 32.1. The number of nitrogens with one attached hydrogen (secondary N) is 1. The second-order valence-electron chi connectivity index (χ2n) is 6.64. The van der Waals surface area contributed by atoms with Crippen LogP contribution in [0.1, 0.15) is 52.5 Å². The molecule has 0 saturated carbocycles. The lowest BCUT2D eigenvalue weighted by molar-refractivity contribution is -0.120. The van der Waals surface area contributed by atoms with Crippen molar-refractivity contribution in [1.82, 2.24) is 15.1 Å². The Kier molecular flexibility index (Phi) is 4.44. The fourth-order valence-electron chi connectivity index (χ4n) is 2.45. The summed E-state index contributed by atoms with van der Waals surface area (Å²) < 4.78 is 0. The Morgan fingerprint density at radius 3 is 2.65 bits per heavy atom. The lowest BCUT2D eigenvalue weighted by Gasteiger charge is -2.26. The number of hydrogen-bond acceptors (Lipinski definition) is 5. The number of aromatic nitrogens is 2. The lowest BCUT2D eigenvalue weighted by atomic mass is 9.98. The van der Waals surface area contributed by atoms with Gasteiger partial charge >= 0.3 is 0 Å². The minimum atomic E-state index is -0.0306. The number of hydrogen-bond donors (Lipinski definition) is 1. The molecule has 1 aliphatic rings. The summed E-state index contributed by atoms with van der Waals surface area (Å²) in [7, 11) is 0. The smallest absolute Gasteiger partial charge is 0.243 e. The topological polar surface area (TPSA) is 58.1 Å². The SMILES string of the molecule is CC(C)N1CCCC1C(=O)Nc1nnc(C(C)(C)C)s1. The highest BCUT2D eigenvalue weighted by Gasteiger charge is 2.32. The van der Waals surface area contributed by atoms with Crippen molar-refractivity contribution >= 4 is 22.4 Å². The van der Waals surface area contributed by atoms with Crippen molar-refractivity contribution in [3.05, 3.63) is 5.01 Å². The first kappa shape index (κ1) is 15.4. The van der Waals surface area contributed by atoms with Gasteiger partial charge in [-0.15, -0.1) is 10.2 Å². The maximum Gasteiger partial charge on any atom is 0.243 e. The minimum absolute atomic E-state index is 0.0298. The van der Waals surface area contributed by atoms with Crippen molar-refractivity contribution < 1.29 is 4.79 Å². The summed E-state index contributed by atoms with van der Waals surface area (Å²) in [6, 6.07) is 0.366.